The van der Waals surface area contributed by atoms with Gasteiger partial charge in [-0.2, -0.15) is 11.8 Å². The molecule has 1 atom stereocenters. The molecule has 0 bridgehead atoms. The van der Waals surface area contributed by atoms with Gasteiger partial charge < -0.3 is 5.32 Å². The average molecular weight is 231 g/mol. The zero-order valence-electron chi connectivity index (χ0n) is 11.2. The van der Waals surface area contributed by atoms with Gasteiger partial charge in [0.1, 0.15) is 0 Å². The summed E-state index contributed by atoms with van der Waals surface area (Å²) in [6.45, 7) is 11.6. The highest BCUT2D eigenvalue weighted by Crippen LogP contribution is 2.29. The first-order valence-electron chi connectivity index (χ1n) is 6.40. The van der Waals surface area contributed by atoms with Gasteiger partial charge in [-0.15, -0.1) is 0 Å². The van der Waals surface area contributed by atoms with Crippen molar-refractivity contribution in [1.29, 1.82) is 0 Å². The summed E-state index contributed by atoms with van der Waals surface area (Å²) in [4.78, 5) is 0. The van der Waals surface area contributed by atoms with E-state index in [1.54, 1.807) is 0 Å². The Hall–Kier alpha value is 0.310. The smallest absolute Gasteiger partial charge is 0.0276 e. The van der Waals surface area contributed by atoms with Crippen molar-refractivity contribution in [2.75, 3.05) is 19.3 Å². The van der Waals surface area contributed by atoms with E-state index in [2.05, 4.69) is 39.3 Å². The van der Waals surface area contributed by atoms with Crippen molar-refractivity contribution >= 4 is 11.8 Å². The molecule has 0 aliphatic rings. The van der Waals surface area contributed by atoms with Gasteiger partial charge in [0.2, 0.25) is 0 Å². The predicted molar refractivity (Wildman–Crippen MR) is 73.8 cm³/mol. The molecule has 0 saturated heterocycles. The van der Waals surface area contributed by atoms with Gasteiger partial charge in [-0.1, -0.05) is 34.1 Å². The van der Waals surface area contributed by atoms with Crippen LogP contribution in [0.15, 0.2) is 0 Å². The van der Waals surface area contributed by atoms with Gasteiger partial charge in [0.15, 0.2) is 0 Å². The number of nitrogens with one attached hydrogen (secondary N) is 1. The summed E-state index contributed by atoms with van der Waals surface area (Å²) in [5.41, 5.74) is 0. The van der Waals surface area contributed by atoms with E-state index in [0.717, 1.165) is 12.5 Å². The van der Waals surface area contributed by atoms with E-state index in [9.17, 15) is 0 Å². The molecular weight excluding hydrogens is 202 g/mol. The number of rotatable bonds is 9. The second-order valence-electron chi connectivity index (χ2n) is 4.62. The Morgan fingerprint density at radius 2 is 1.80 bits per heavy atom. The van der Waals surface area contributed by atoms with Crippen LogP contribution in [0.25, 0.3) is 0 Å². The van der Waals surface area contributed by atoms with Crippen LogP contribution in [0.5, 0.6) is 0 Å². The lowest BCUT2D eigenvalue weighted by atomic mass is 10.0. The Balaban J connectivity index is 3.80. The Morgan fingerprint density at radius 1 is 1.20 bits per heavy atom. The molecule has 0 saturated carbocycles. The lowest BCUT2D eigenvalue weighted by Gasteiger charge is -2.30. The Morgan fingerprint density at radius 3 is 2.20 bits per heavy atom. The van der Waals surface area contributed by atoms with Crippen molar-refractivity contribution in [3.05, 3.63) is 0 Å². The van der Waals surface area contributed by atoms with Gasteiger partial charge in [0.05, 0.1) is 0 Å². The third-order valence-corrected chi connectivity index (χ3v) is 5.03. The summed E-state index contributed by atoms with van der Waals surface area (Å²) in [5.74, 6) is 0.822. The maximum atomic E-state index is 3.64. The molecule has 1 nitrogen and oxygen atoms in total. The van der Waals surface area contributed by atoms with Gasteiger partial charge in [-0.25, -0.2) is 0 Å². The minimum absolute atomic E-state index is 0.464. The van der Waals surface area contributed by atoms with Crippen molar-refractivity contribution in [2.45, 2.75) is 58.1 Å². The SMILES string of the molecule is CCCC(C)CNCC(CC)(CC)SC. The summed E-state index contributed by atoms with van der Waals surface area (Å²) >= 11 is 2.02. The molecule has 0 radical (unpaired) electrons. The first-order valence-corrected chi connectivity index (χ1v) is 7.62. The molecule has 0 amide bonds. The molecule has 0 aliphatic heterocycles. The summed E-state index contributed by atoms with van der Waals surface area (Å²) in [6, 6.07) is 0. The molecule has 0 aromatic heterocycles. The molecule has 0 fully saturated rings. The Kier molecular flexibility index (Phi) is 8.64. The lowest BCUT2D eigenvalue weighted by molar-refractivity contribution is 0.434. The first-order chi connectivity index (χ1) is 7.14. The third kappa shape index (κ3) is 5.82. The summed E-state index contributed by atoms with van der Waals surface area (Å²) in [7, 11) is 0. The van der Waals surface area contributed by atoms with Crippen molar-refractivity contribution in [3.8, 4) is 0 Å². The molecule has 0 rings (SSSR count). The molecule has 0 spiro atoms. The summed E-state index contributed by atoms with van der Waals surface area (Å²) in [5, 5.41) is 3.64. The number of hydrogen-bond acceptors (Lipinski definition) is 2. The quantitative estimate of drug-likeness (QED) is 0.645. The number of hydrogen-bond donors (Lipinski definition) is 1. The zero-order chi connectivity index (χ0) is 11.7. The first kappa shape index (κ1) is 15.3. The molecule has 0 aromatic carbocycles. The van der Waals surface area contributed by atoms with Crippen LogP contribution >= 0.6 is 11.8 Å². The molecule has 0 aromatic rings. The topological polar surface area (TPSA) is 12.0 Å². The maximum Gasteiger partial charge on any atom is 0.0276 e. The van der Waals surface area contributed by atoms with Crippen LogP contribution in [0.3, 0.4) is 0 Å². The average Bonchev–Trinajstić information content (AvgIpc) is 2.25. The fourth-order valence-corrected chi connectivity index (χ4v) is 2.83. The minimum atomic E-state index is 0.464. The fourth-order valence-electron chi connectivity index (χ4n) is 2.00. The monoisotopic (exact) mass is 231 g/mol. The van der Waals surface area contributed by atoms with Crippen molar-refractivity contribution in [1.82, 2.24) is 5.32 Å². The predicted octanol–water partition coefficient (Wildman–Crippen LogP) is 3.93. The van der Waals surface area contributed by atoms with Crippen LogP contribution in [0, 0.1) is 5.92 Å². The van der Waals surface area contributed by atoms with E-state index in [0.29, 0.717) is 4.75 Å². The van der Waals surface area contributed by atoms with E-state index in [1.807, 2.05) is 11.8 Å². The van der Waals surface area contributed by atoms with Gasteiger partial charge in [0.25, 0.3) is 0 Å². The molecule has 2 heteroatoms. The largest absolute Gasteiger partial charge is 0.315 e. The van der Waals surface area contributed by atoms with Gasteiger partial charge in [0, 0.05) is 11.3 Å². The van der Waals surface area contributed by atoms with E-state index in [1.165, 1.54) is 32.2 Å². The van der Waals surface area contributed by atoms with Crippen LogP contribution in [-0.2, 0) is 0 Å². The Bertz CT molecular complexity index is 135. The van der Waals surface area contributed by atoms with Gasteiger partial charge in [-0.05, 0) is 38.0 Å². The van der Waals surface area contributed by atoms with E-state index < -0.39 is 0 Å². The molecular formula is C13H29NS. The van der Waals surface area contributed by atoms with Crippen LogP contribution in [0.4, 0.5) is 0 Å². The molecule has 1 N–H and O–H groups in total. The summed E-state index contributed by atoms with van der Waals surface area (Å²) in [6.07, 6.45) is 7.42. The maximum absolute atomic E-state index is 3.64. The van der Waals surface area contributed by atoms with Gasteiger partial charge in [-0.3, -0.25) is 0 Å². The second-order valence-corrected chi connectivity index (χ2v) is 5.89. The summed E-state index contributed by atoms with van der Waals surface area (Å²) < 4.78 is 0.464. The van der Waals surface area contributed by atoms with E-state index >= 15 is 0 Å². The standard InChI is InChI=1S/C13H29NS/c1-6-9-12(4)10-14-11-13(7-2,8-3)15-5/h12,14H,6-11H2,1-5H3. The molecule has 92 valence electrons. The lowest BCUT2D eigenvalue weighted by Crippen LogP contribution is -2.38. The molecule has 15 heavy (non-hydrogen) atoms. The minimum Gasteiger partial charge on any atom is -0.315 e. The van der Waals surface area contributed by atoms with E-state index in [4.69, 9.17) is 0 Å². The number of thioether (sulfide) groups is 1. The van der Waals surface area contributed by atoms with E-state index in [-0.39, 0.29) is 0 Å². The normalized spacial score (nSPS) is 14.2. The van der Waals surface area contributed by atoms with Crippen LogP contribution in [0.2, 0.25) is 0 Å². The highest BCUT2D eigenvalue weighted by atomic mass is 32.2. The molecule has 0 heterocycles. The molecule has 0 aliphatic carbocycles. The van der Waals surface area contributed by atoms with Crippen molar-refractivity contribution in [2.24, 2.45) is 5.92 Å². The highest BCUT2D eigenvalue weighted by Gasteiger charge is 2.24. The van der Waals surface area contributed by atoms with Crippen molar-refractivity contribution in [3.63, 3.8) is 0 Å². The molecule has 1 unspecified atom stereocenters. The highest BCUT2D eigenvalue weighted by molar-refractivity contribution is 8.00. The van der Waals surface area contributed by atoms with Crippen LogP contribution in [-0.4, -0.2) is 24.1 Å². The zero-order valence-corrected chi connectivity index (χ0v) is 12.0. The second kappa shape index (κ2) is 8.46. The van der Waals surface area contributed by atoms with Crippen LogP contribution in [0.1, 0.15) is 53.4 Å². The van der Waals surface area contributed by atoms with Crippen LogP contribution < -0.4 is 5.32 Å². The van der Waals surface area contributed by atoms with Gasteiger partial charge >= 0.3 is 0 Å². The third-order valence-electron chi connectivity index (χ3n) is 3.44. The Labute approximate surface area is 101 Å². The van der Waals surface area contributed by atoms with Crippen molar-refractivity contribution < 1.29 is 0 Å². The fraction of sp³-hybridized carbons (Fsp3) is 1.00.